The predicted molar refractivity (Wildman–Crippen MR) is 67.4 cm³/mol. The Balaban J connectivity index is 2.74. The second kappa shape index (κ2) is 6.91. The van der Waals surface area contributed by atoms with Crippen molar-refractivity contribution in [3.63, 3.8) is 0 Å². The number of aromatic carboxylic acids is 1. The first-order valence-electron chi connectivity index (χ1n) is 5.32. The quantitative estimate of drug-likeness (QED) is 0.481. The van der Waals surface area contributed by atoms with Crippen LogP contribution in [0.15, 0.2) is 23.2 Å². The van der Waals surface area contributed by atoms with Gasteiger partial charge in [-0.1, -0.05) is 24.9 Å². The lowest BCUT2D eigenvalue weighted by atomic mass is 10.2. The van der Waals surface area contributed by atoms with Gasteiger partial charge in [0.2, 0.25) is 0 Å². The topological polar surface area (TPSA) is 58.9 Å². The number of aliphatic imine (C=N–C) groups is 1. The highest BCUT2D eigenvalue weighted by Gasteiger charge is 2.09. The van der Waals surface area contributed by atoms with Gasteiger partial charge in [0.1, 0.15) is 0 Å². The molecule has 0 unspecified atom stereocenters. The van der Waals surface area contributed by atoms with E-state index in [0.717, 1.165) is 12.8 Å². The van der Waals surface area contributed by atoms with E-state index in [-0.39, 0.29) is 5.56 Å². The lowest BCUT2D eigenvalue weighted by molar-refractivity contribution is 0.0698. The van der Waals surface area contributed by atoms with Crippen molar-refractivity contribution in [2.45, 2.75) is 19.8 Å². The number of unbranched alkanes of at least 4 members (excludes halogenated alkanes) is 1. The summed E-state index contributed by atoms with van der Waals surface area (Å²) in [5.41, 5.74) is 0.395. The molecule has 0 heterocycles. The van der Waals surface area contributed by atoms with E-state index in [4.69, 9.17) is 21.4 Å². The van der Waals surface area contributed by atoms with Gasteiger partial charge >= 0.3 is 5.97 Å². The Labute approximate surface area is 105 Å². The molecule has 1 aromatic carbocycles. The van der Waals surface area contributed by atoms with Gasteiger partial charge in [0.05, 0.1) is 17.9 Å². The standard InChI is InChI=1S/C12H14ClNO3/c1-2-3-6-17-8-14-11-7-9(13)4-5-10(11)12(15)16/h4-5,7-8H,2-3,6H2,1H3,(H,15,16)/b14-8-. The fourth-order valence-electron chi connectivity index (χ4n) is 1.17. The summed E-state index contributed by atoms with van der Waals surface area (Å²) in [6.45, 7) is 2.63. The molecule has 0 saturated heterocycles. The van der Waals surface area contributed by atoms with E-state index >= 15 is 0 Å². The number of hydrogen-bond donors (Lipinski definition) is 1. The van der Waals surface area contributed by atoms with Gasteiger partial charge in [0.25, 0.3) is 0 Å². The highest BCUT2D eigenvalue weighted by molar-refractivity contribution is 6.31. The van der Waals surface area contributed by atoms with E-state index in [0.29, 0.717) is 17.3 Å². The maximum Gasteiger partial charge on any atom is 0.337 e. The molecule has 0 bridgehead atoms. The Morgan fingerprint density at radius 1 is 1.59 bits per heavy atom. The molecule has 17 heavy (non-hydrogen) atoms. The van der Waals surface area contributed by atoms with Crippen LogP contribution >= 0.6 is 11.6 Å². The van der Waals surface area contributed by atoms with Crippen LogP contribution in [0.4, 0.5) is 5.69 Å². The molecule has 0 amide bonds. The zero-order chi connectivity index (χ0) is 12.7. The first kappa shape index (κ1) is 13.5. The lowest BCUT2D eigenvalue weighted by Gasteiger charge is -2.01. The van der Waals surface area contributed by atoms with Gasteiger partial charge in [-0.25, -0.2) is 9.79 Å². The number of ether oxygens (including phenoxy) is 1. The van der Waals surface area contributed by atoms with E-state index in [1.54, 1.807) is 0 Å². The van der Waals surface area contributed by atoms with E-state index in [9.17, 15) is 4.79 Å². The Morgan fingerprint density at radius 3 is 3.00 bits per heavy atom. The van der Waals surface area contributed by atoms with Crippen LogP contribution in [0.25, 0.3) is 0 Å². The van der Waals surface area contributed by atoms with Gasteiger partial charge in [0.15, 0.2) is 6.40 Å². The summed E-state index contributed by atoms with van der Waals surface area (Å²) in [4.78, 5) is 14.9. The third-order valence-electron chi connectivity index (χ3n) is 2.07. The molecule has 1 rings (SSSR count). The molecule has 0 atom stereocenters. The van der Waals surface area contributed by atoms with Gasteiger partial charge < -0.3 is 9.84 Å². The Hall–Kier alpha value is -1.55. The largest absolute Gasteiger partial charge is 0.483 e. The van der Waals surface area contributed by atoms with Gasteiger partial charge in [-0.05, 0) is 24.6 Å². The first-order chi connectivity index (χ1) is 8.15. The molecule has 0 spiro atoms. The number of nitrogens with zero attached hydrogens (tertiary/aromatic N) is 1. The molecule has 5 heteroatoms. The summed E-state index contributed by atoms with van der Waals surface area (Å²) in [5, 5.41) is 9.38. The van der Waals surface area contributed by atoms with Crippen molar-refractivity contribution in [1.82, 2.24) is 0 Å². The molecular formula is C12H14ClNO3. The lowest BCUT2D eigenvalue weighted by Crippen LogP contribution is -1.97. The zero-order valence-corrected chi connectivity index (χ0v) is 10.3. The first-order valence-corrected chi connectivity index (χ1v) is 5.70. The summed E-state index contributed by atoms with van der Waals surface area (Å²) in [5.74, 6) is -1.04. The molecule has 92 valence electrons. The van der Waals surface area contributed by atoms with Crippen LogP contribution in [0, 0.1) is 0 Å². The van der Waals surface area contributed by atoms with E-state index < -0.39 is 5.97 Å². The third kappa shape index (κ3) is 4.44. The highest BCUT2D eigenvalue weighted by atomic mass is 35.5. The molecule has 1 aromatic rings. The van der Waals surface area contributed by atoms with E-state index in [2.05, 4.69) is 11.9 Å². The Kier molecular flexibility index (Phi) is 5.49. The van der Waals surface area contributed by atoms with Crippen molar-refractivity contribution in [2.75, 3.05) is 6.61 Å². The van der Waals surface area contributed by atoms with Crippen LogP contribution in [0.1, 0.15) is 30.1 Å². The molecular weight excluding hydrogens is 242 g/mol. The normalized spacial score (nSPS) is 10.7. The number of carboxylic acids is 1. The van der Waals surface area contributed by atoms with Crippen molar-refractivity contribution in [2.24, 2.45) is 4.99 Å². The Morgan fingerprint density at radius 2 is 2.35 bits per heavy atom. The summed E-state index contributed by atoms with van der Waals surface area (Å²) in [6.07, 6.45) is 3.23. The van der Waals surface area contributed by atoms with Crippen molar-refractivity contribution < 1.29 is 14.6 Å². The van der Waals surface area contributed by atoms with Crippen molar-refractivity contribution >= 4 is 29.7 Å². The van der Waals surface area contributed by atoms with E-state index in [1.165, 1.54) is 24.6 Å². The molecule has 1 N–H and O–H groups in total. The molecule has 4 nitrogen and oxygen atoms in total. The van der Waals surface area contributed by atoms with Gasteiger partial charge in [-0.15, -0.1) is 0 Å². The fraction of sp³-hybridized carbons (Fsp3) is 0.333. The molecule has 0 fully saturated rings. The van der Waals surface area contributed by atoms with E-state index in [1.807, 2.05) is 0 Å². The third-order valence-corrected chi connectivity index (χ3v) is 2.31. The molecule has 0 saturated carbocycles. The minimum Gasteiger partial charge on any atom is -0.483 e. The van der Waals surface area contributed by atoms with Crippen LogP contribution in [0.2, 0.25) is 5.02 Å². The average molecular weight is 256 g/mol. The number of halogens is 1. The van der Waals surface area contributed by atoms with Crippen LogP contribution in [0.3, 0.4) is 0 Å². The van der Waals surface area contributed by atoms with Crippen LogP contribution < -0.4 is 0 Å². The second-order valence-electron chi connectivity index (χ2n) is 3.43. The smallest absolute Gasteiger partial charge is 0.337 e. The number of hydrogen-bond acceptors (Lipinski definition) is 3. The van der Waals surface area contributed by atoms with Crippen LogP contribution in [-0.4, -0.2) is 24.1 Å². The number of benzene rings is 1. The monoisotopic (exact) mass is 255 g/mol. The molecule has 0 aliphatic rings. The molecule has 0 aliphatic carbocycles. The zero-order valence-electron chi connectivity index (χ0n) is 9.52. The minimum atomic E-state index is -1.04. The number of carboxylic acid groups (broad SMARTS) is 1. The average Bonchev–Trinajstić information content (AvgIpc) is 2.28. The predicted octanol–water partition coefficient (Wildman–Crippen LogP) is 3.51. The number of rotatable bonds is 6. The summed E-state index contributed by atoms with van der Waals surface area (Å²) >= 11 is 5.78. The summed E-state index contributed by atoms with van der Waals surface area (Å²) in [6, 6.07) is 4.43. The molecule has 0 radical (unpaired) electrons. The fourth-order valence-corrected chi connectivity index (χ4v) is 1.33. The van der Waals surface area contributed by atoms with Crippen molar-refractivity contribution in [3.8, 4) is 0 Å². The Bertz CT molecular complexity index is 418. The second-order valence-corrected chi connectivity index (χ2v) is 3.86. The van der Waals surface area contributed by atoms with Crippen LogP contribution in [-0.2, 0) is 4.74 Å². The SMILES string of the molecule is CCCCO/C=N\c1cc(Cl)ccc1C(=O)O. The molecule has 0 aromatic heterocycles. The van der Waals surface area contributed by atoms with Crippen molar-refractivity contribution in [1.29, 1.82) is 0 Å². The molecule has 0 aliphatic heterocycles. The van der Waals surface area contributed by atoms with Gasteiger partial charge in [0, 0.05) is 5.02 Å². The maximum atomic E-state index is 10.9. The summed E-state index contributed by atoms with van der Waals surface area (Å²) < 4.78 is 5.12. The van der Waals surface area contributed by atoms with Crippen molar-refractivity contribution in [3.05, 3.63) is 28.8 Å². The highest BCUT2D eigenvalue weighted by Crippen LogP contribution is 2.23. The summed E-state index contributed by atoms with van der Waals surface area (Å²) in [7, 11) is 0. The van der Waals surface area contributed by atoms with Gasteiger partial charge in [-0.2, -0.15) is 0 Å². The maximum absolute atomic E-state index is 10.9. The van der Waals surface area contributed by atoms with Gasteiger partial charge in [-0.3, -0.25) is 0 Å². The minimum absolute atomic E-state index is 0.102. The van der Waals surface area contributed by atoms with Crippen LogP contribution in [0.5, 0.6) is 0 Å². The number of carbonyl (C=O) groups is 1.